The Morgan fingerprint density at radius 2 is 1.81 bits per heavy atom. The van der Waals surface area contributed by atoms with E-state index in [-0.39, 0.29) is 22.4 Å². The van der Waals surface area contributed by atoms with Crippen LogP contribution in [0.2, 0.25) is 0 Å². The number of sulfone groups is 1. The lowest BCUT2D eigenvalue weighted by Crippen LogP contribution is -2.65. The van der Waals surface area contributed by atoms with Crippen molar-refractivity contribution < 1.29 is 22.3 Å². The SMILES string of the molecule is CS(=O)(=O)c1cc(OC2CC3CN(C(=O)N4CC5(CC(n6cnc(C7CC7)n6)C5)C4)CC3C2)ccc1F. The Morgan fingerprint density at radius 3 is 2.46 bits per heavy atom. The summed E-state index contributed by atoms with van der Waals surface area (Å²) < 4.78 is 45.6. The van der Waals surface area contributed by atoms with Gasteiger partial charge in [-0.3, -0.25) is 0 Å². The normalized spacial score (nSPS) is 28.8. The molecule has 0 radical (unpaired) electrons. The summed E-state index contributed by atoms with van der Waals surface area (Å²) in [4.78, 5) is 21.3. The van der Waals surface area contributed by atoms with Gasteiger partial charge in [0.2, 0.25) is 0 Å². The molecule has 2 unspecified atom stereocenters. The van der Waals surface area contributed by atoms with Crippen LogP contribution in [0.5, 0.6) is 5.75 Å². The molecule has 11 heteroatoms. The highest BCUT2D eigenvalue weighted by Crippen LogP contribution is 2.54. The summed E-state index contributed by atoms with van der Waals surface area (Å²) in [7, 11) is -3.66. The zero-order valence-corrected chi connectivity index (χ0v) is 21.7. The van der Waals surface area contributed by atoms with Crippen molar-refractivity contribution in [2.75, 3.05) is 32.4 Å². The first-order valence-electron chi connectivity index (χ1n) is 13.3. The van der Waals surface area contributed by atoms with Gasteiger partial charge in [0.25, 0.3) is 0 Å². The lowest BCUT2D eigenvalue weighted by atomic mass is 9.61. The predicted molar refractivity (Wildman–Crippen MR) is 131 cm³/mol. The van der Waals surface area contributed by atoms with Crippen LogP contribution >= 0.6 is 0 Å². The fourth-order valence-electron chi connectivity index (χ4n) is 7.01. The molecule has 2 aromatic rings. The summed E-state index contributed by atoms with van der Waals surface area (Å²) >= 11 is 0. The number of hydrogen-bond donors (Lipinski definition) is 0. The minimum absolute atomic E-state index is 0.0541. The minimum atomic E-state index is -3.66. The molecule has 5 aliphatic rings. The van der Waals surface area contributed by atoms with Gasteiger partial charge in [-0.1, -0.05) is 0 Å². The molecule has 37 heavy (non-hydrogen) atoms. The average molecular weight is 530 g/mol. The number of ether oxygens (including phenoxy) is 1. The lowest BCUT2D eigenvalue weighted by molar-refractivity contribution is -0.0735. The molecule has 198 valence electrons. The van der Waals surface area contributed by atoms with E-state index in [2.05, 4.69) is 10.1 Å². The third-order valence-electron chi connectivity index (χ3n) is 9.09. The highest BCUT2D eigenvalue weighted by molar-refractivity contribution is 7.90. The molecule has 5 fully saturated rings. The van der Waals surface area contributed by atoms with Crippen molar-refractivity contribution in [3.05, 3.63) is 36.2 Å². The van der Waals surface area contributed by atoms with Crippen molar-refractivity contribution >= 4 is 15.9 Å². The zero-order valence-electron chi connectivity index (χ0n) is 20.9. The Morgan fingerprint density at radius 1 is 1.11 bits per heavy atom. The second kappa shape index (κ2) is 8.15. The number of fused-ring (bicyclic) bond motifs is 1. The number of hydrogen-bond acceptors (Lipinski definition) is 6. The molecule has 1 aromatic carbocycles. The summed E-state index contributed by atoms with van der Waals surface area (Å²) in [6.07, 6.45) is 9.00. The van der Waals surface area contributed by atoms with Crippen LogP contribution in [0.25, 0.3) is 0 Å². The monoisotopic (exact) mass is 529 g/mol. The van der Waals surface area contributed by atoms with Gasteiger partial charge in [0.05, 0.1) is 12.1 Å². The van der Waals surface area contributed by atoms with Crippen molar-refractivity contribution in [3.63, 3.8) is 0 Å². The molecule has 0 N–H and O–H groups in total. The number of urea groups is 1. The van der Waals surface area contributed by atoms with Gasteiger partial charge in [-0.15, -0.1) is 0 Å². The molecule has 2 saturated heterocycles. The first-order chi connectivity index (χ1) is 17.7. The first-order valence-corrected chi connectivity index (χ1v) is 15.2. The molecule has 1 aromatic heterocycles. The van der Waals surface area contributed by atoms with Gasteiger partial charge in [-0.2, -0.15) is 5.10 Å². The fraction of sp³-hybridized carbons (Fsp3) is 0.654. The third-order valence-corrected chi connectivity index (χ3v) is 10.2. The number of amides is 2. The zero-order chi connectivity index (χ0) is 25.5. The Balaban J connectivity index is 0.888. The van der Waals surface area contributed by atoms with Crippen LogP contribution in [0.4, 0.5) is 9.18 Å². The molecule has 2 atom stereocenters. The average Bonchev–Trinajstić information content (AvgIpc) is 3.20. The molecule has 2 amide bonds. The first kappa shape index (κ1) is 23.4. The van der Waals surface area contributed by atoms with Gasteiger partial charge in [0.1, 0.15) is 22.8 Å². The molecular weight excluding hydrogens is 497 g/mol. The van der Waals surface area contributed by atoms with E-state index in [4.69, 9.17) is 4.74 Å². The number of aromatic nitrogens is 3. The van der Waals surface area contributed by atoms with Crippen molar-refractivity contribution in [3.8, 4) is 5.75 Å². The standard InChI is InChI=1S/C26H32FN5O4S/c1-37(34,35)23-8-20(4-5-22(23)27)36-21-6-17-11-30(12-18(17)7-21)25(33)31-13-26(14-31)9-19(10-26)32-15-28-24(29-32)16-2-3-16/h4-5,8,15-19,21H,2-3,6-7,9-14H2,1H3. The van der Waals surface area contributed by atoms with E-state index < -0.39 is 15.7 Å². The molecule has 3 saturated carbocycles. The van der Waals surface area contributed by atoms with Crippen LogP contribution in [-0.2, 0) is 9.84 Å². The molecule has 3 aliphatic carbocycles. The van der Waals surface area contributed by atoms with Crippen molar-refractivity contribution in [1.29, 1.82) is 0 Å². The van der Waals surface area contributed by atoms with Crippen molar-refractivity contribution in [2.45, 2.75) is 61.5 Å². The molecule has 3 heterocycles. The third kappa shape index (κ3) is 4.19. The van der Waals surface area contributed by atoms with E-state index in [0.717, 1.165) is 70.0 Å². The molecule has 0 bridgehead atoms. The fourth-order valence-corrected chi connectivity index (χ4v) is 7.76. The maximum atomic E-state index is 13.9. The highest BCUT2D eigenvalue weighted by Gasteiger charge is 2.56. The summed E-state index contributed by atoms with van der Waals surface area (Å²) in [6.45, 7) is 3.13. The van der Waals surface area contributed by atoms with Gasteiger partial charge in [-0.05, 0) is 62.5 Å². The van der Waals surface area contributed by atoms with Crippen LogP contribution < -0.4 is 4.74 Å². The topological polar surface area (TPSA) is 97.6 Å². The number of likely N-dealkylation sites (tertiary alicyclic amines) is 2. The van der Waals surface area contributed by atoms with Crippen LogP contribution in [-0.4, -0.2) is 77.6 Å². The summed E-state index contributed by atoms with van der Waals surface area (Å²) in [5.41, 5.74) is 0.251. The summed E-state index contributed by atoms with van der Waals surface area (Å²) in [6, 6.07) is 4.45. The van der Waals surface area contributed by atoms with E-state index in [0.29, 0.717) is 29.5 Å². The van der Waals surface area contributed by atoms with Crippen LogP contribution in [0.3, 0.4) is 0 Å². The smallest absolute Gasteiger partial charge is 0.320 e. The van der Waals surface area contributed by atoms with Gasteiger partial charge >= 0.3 is 6.03 Å². The predicted octanol–water partition coefficient (Wildman–Crippen LogP) is 3.24. The lowest BCUT2D eigenvalue weighted by Gasteiger charge is -2.59. The second-order valence-corrected chi connectivity index (χ2v) is 14.0. The van der Waals surface area contributed by atoms with E-state index in [1.54, 1.807) is 0 Å². The van der Waals surface area contributed by atoms with E-state index >= 15 is 0 Å². The molecule has 9 nitrogen and oxygen atoms in total. The quantitative estimate of drug-likeness (QED) is 0.590. The van der Waals surface area contributed by atoms with Gasteiger partial charge < -0.3 is 14.5 Å². The highest BCUT2D eigenvalue weighted by atomic mass is 32.2. The number of carbonyl (C=O) groups excluding carboxylic acids is 1. The Hall–Kier alpha value is -2.69. The summed E-state index contributed by atoms with van der Waals surface area (Å²) in [5, 5.41) is 4.68. The molecule has 1 spiro atoms. The number of nitrogens with zero attached hydrogens (tertiary/aromatic N) is 5. The molecule has 7 rings (SSSR count). The van der Waals surface area contributed by atoms with Crippen LogP contribution in [0.1, 0.15) is 56.3 Å². The largest absolute Gasteiger partial charge is 0.490 e. The number of halogens is 1. The maximum Gasteiger partial charge on any atom is 0.320 e. The maximum absolute atomic E-state index is 13.9. The van der Waals surface area contributed by atoms with E-state index in [9.17, 15) is 17.6 Å². The van der Waals surface area contributed by atoms with Gasteiger partial charge in [0.15, 0.2) is 15.7 Å². The Labute approximate surface area is 215 Å². The number of rotatable bonds is 5. The number of carbonyl (C=O) groups is 1. The van der Waals surface area contributed by atoms with Gasteiger partial charge in [-0.25, -0.2) is 27.3 Å². The van der Waals surface area contributed by atoms with Crippen LogP contribution in [0, 0.1) is 23.1 Å². The Kier molecular flexibility index (Phi) is 5.16. The molecular formula is C26H32FN5O4S. The number of benzene rings is 1. The van der Waals surface area contributed by atoms with Gasteiger partial charge in [0, 0.05) is 49.8 Å². The van der Waals surface area contributed by atoms with E-state index in [1.165, 1.54) is 25.0 Å². The minimum Gasteiger partial charge on any atom is -0.490 e. The second-order valence-electron chi connectivity index (χ2n) is 12.1. The Bertz CT molecular complexity index is 1330. The van der Waals surface area contributed by atoms with Crippen molar-refractivity contribution in [1.82, 2.24) is 24.6 Å². The summed E-state index contributed by atoms with van der Waals surface area (Å²) in [5.74, 6) is 1.93. The van der Waals surface area contributed by atoms with Crippen LogP contribution in [0.15, 0.2) is 29.4 Å². The van der Waals surface area contributed by atoms with Crippen molar-refractivity contribution in [2.24, 2.45) is 17.3 Å². The molecule has 2 aliphatic heterocycles. The van der Waals surface area contributed by atoms with E-state index in [1.807, 2.05) is 20.8 Å².